The number of carbonyl (C=O) groups excluding carboxylic acids is 1. The van der Waals surface area contributed by atoms with Crippen LogP contribution in [-0.4, -0.2) is 50.6 Å². The van der Waals surface area contributed by atoms with Crippen LogP contribution in [0, 0.1) is 5.41 Å². The maximum absolute atomic E-state index is 12.1. The van der Waals surface area contributed by atoms with Crippen molar-refractivity contribution in [1.29, 1.82) is 0 Å². The molecule has 2 fully saturated rings. The molecule has 5 nitrogen and oxygen atoms in total. The second kappa shape index (κ2) is 6.67. The third kappa shape index (κ3) is 3.59. The first-order valence-electron chi connectivity index (χ1n) is 8.02. The van der Waals surface area contributed by atoms with Crippen molar-refractivity contribution in [3.63, 3.8) is 0 Å². The first-order valence-corrected chi connectivity index (χ1v) is 8.02. The van der Waals surface area contributed by atoms with Crippen LogP contribution in [0.2, 0.25) is 0 Å². The zero-order valence-corrected chi connectivity index (χ0v) is 13.2. The molecule has 1 spiro atoms. The van der Waals surface area contributed by atoms with Crippen LogP contribution >= 0.6 is 0 Å². The smallest absolute Gasteiger partial charge is 0.234 e. The number of amides is 1. The van der Waals surface area contributed by atoms with Crippen molar-refractivity contribution in [2.24, 2.45) is 5.41 Å². The van der Waals surface area contributed by atoms with E-state index in [4.69, 9.17) is 4.74 Å². The summed E-state index contributed by atoms with van der Waals surface area (Å²) in [6.07, 6.45) is 2.46. The Bertz CT molecular complexity index is 526. The standard InChI is InChI=1S/C17H25N3O2/c1-22-15-4-2-3-14(9-15)10-19-16(21)11-20-8-6-17(13-20)5-7-18-12-17/h2-4,9,18H,5-8,10-13H2,1H3,(H,19,21). The topological polar surface area (TPSA) is 53.6 Å². The van der Waals surface area contributed by atoms with Crippen molar-refractivity contribution in [1.82, 2.24) is 15.5 Å². The Kier molecular flexibility index (Phi) is 4.64. The summed E-state index contributed by atoms with van der Waals surface area (Å²) in [7, 11) is 1.65. The Morgan fingerprint density at radius 2 is 2.36 bits per heavy atom. The molecule has 0 saturated carbocycles. The Hall–Kier alpha value is -1.59. The average Bonchev–Trinajstić information content (AvgIpc) is 3.16. The summed E-state index contributed by atoms with van der Waals surface area (Å²) in [4.78, 5) is 14.4. The van der Waals surface area contributed by atoms with E-state index in [1.807, 2.05) is 24.3 Å². The molecule has 1 amide bonds. The van der Waals surface area contributed by atoms with E-state index in [1.54, 1.807) is 7.11 Å². The highest BCUT2D eigenvalue weighted by Gasteiger charge is 2.40. The molecule has 0 bridgehead atoms. The van der Waals surface area contributed by atoms with E-state index < -0.39 is 0 Å². The molecule has 0 aromatic heterocycles. The van der Waals surface area contributed by atoms with Crippen LogP contribution < -0.4 is 15.4 Å². The summed E-state index contributed by atoms with van der Waals surface area (Å²) in [6.45, 7) is 5.37. The van der Waals surface area contributed by atoms with Gasteiger partial charge in [0.2, 0.25) is 5.91 Å². The molecular formula is C17H25N3O2. The van der Waals surface area contributed by atoms with Crippen molar-refractivity contribution >= 4 is 5.91 Å². The molecule has 22 heavy (non-hydrogen) atoms. The van der Waals surface area contributed by atoms with Gasteiger partial charge in [-0.2, -0.15) is 0 Å². The number of ether oxygens (including phenoxy) is 1. The van der Waals surface area contributed by atoms with Crippen LogP contribution in [-0.2, 0) is 11.3 Å². The molecular weight excluding hydrogens is 278 g/mol. The molecule has 0 radical (unpaired) electrons. The molecule has 5 heteroatoms. The minimum absolute atomic E-state index is 0.103. The van der Waals surface area contributed by atoms with Crippen molar-refractivity contribution in [3.8, 4) is 5.75 Å². The highest BCUT2D eigenvalue weighted by atomic mass is 16.5. The number of carbonyl (C=O) groups is 1. The molecule has 3 rings (SSSR count). The normalized spacial score (nSPS) is 24.8. The van der Waals surface area contributed by atoms with Gasteiger partial charge in [0, 0.05) is 19.6 Å². The van der Waals surface area contributed by atoms with Crippen LogP contribution in [0.25, 0.3) is 0 Å². The Labute approximate surface area is 132 Å². The fourth-order valence-corrected chi connectivity index (χ4v) is 3.55. The quantitative estimate of drug-likeness (QED) is 0.852. The van der Waals surface area contributed by atoms with E-state index in [2.05, 4.69) is 15.5 Å². The van der Waals surface area contributed by atoms with Crippen LogP contribution in [0.3, 0.4) is 0 Å². The fourth-order valence-electron chi connectivity index (χ4n) is 3.55. The summed E-state index contributed by atoms with van der Waals surface area (Å²) in [6, 6.07) is 7.80. The van der Waals surface area contributed by atoms with Crippen LogP contribution in [0.1, 0.15) is 18.4 Å². The predicted molar refractivity (Wildman–Crippen MR) is 85.8 cm³/mol. The molecule has 1 atom stereocenters. The molecule has 2 N–H and O–H groups in total. The Morgan fingerprint density at radius 3 is 3.14 bits per heavy atom. The van der Waals surface area contributed by atoms with E-state index >= 15 is 0 Å². The Morgan fingerprint density at radius 1 is 1.45 bits per heavy atom. The van der Waals surface area contributed by atoms with Gasteiger partial charge in [-0.3, -0.25) is 9.69 Å². The zero-order valence-electron chi connectivity index (χ0n) is 13.2. The van der Waals surface area contributed by atoms with E-state index in [-0.39, 0.29) is 5.91 Å². The van der Waals surface area contributed by atoms with Gasteiger partial charge in [-0.1, -0.05) is 12.1 Å². The first kappa shape index (κ1) is 15.3. The van der Waals surface area contributed by atoms with Gasteiger partial charge in [-0.15, -0.1) is 0 Å². The number of rotatable bonds is 5. The number of methoxy groups -OCH3 is 1. The monoisotopic (exact) mass is 303 g/mol. The first-order chi connectivity index (χ1) is 10.7. The lowest BCUT2D eigenvalue weighted by Gasteiger charge is -2.22. The molecule has 1 aromatic rings. The van der Waals surface area contributed by atoms with E-state index in [9.17, 15) is 4.79 Å². The number of hydrogen-bond donors (Lipinski definition) is 2. The van der Waals surface area contributed by atoms with Gasteiger partial charge in [0.15, 0.2) is 0 Å². The lowest BCUT2D eigenvalue weighted by Crippen LogP contribution is -2.37. The number of nitrogens with one attached hydrogen (secondary N) is 2. The lowest BCUT2D eigenvalue weighted by atomic mass is 9.87. The van der Waals surface area contributed by atoms with Gasteiger partial charge in [0.25, 0.3) is 0 Å². The summed E-state index contributed by atoms with van der Waals surface area (Å²) in [5.41, 5.74) is 1.48. The molecule has 120 valence electrons. The number of likely N-dealkylation sites (tertiary alicyclic amines) is 1. The number of nitrogens with zero attached hydrogens (tertiary/aromatic N) is 1. The molecule has 2 aliphatic heterocycles. The van der Waals surface area contributed by atoms with Gasteiger partial charge in [0.05, 0.1) is 13.7 Å². The summed E-state index contributed by atoms with van der Waals surface area (Å²) in [5, 5.41) is 6.45. The summed E-state index contributed by atoms with van der Waals surface area (Å²) >= 11 is 0. The lowest BCUT2D eigenvalue weighted by molar-refractivity contribution is -0.122. The van der Waals surface area contributed by atoms with Crippen molar-refractivity contribution < 1.29 is 9.53 Å². The number of hydrogen-bond acceptors (Lipinski definition) is 4. The van der Waals surface area contributed by atoms with Gasteiger partial charge in [-0.05, 0) is 49.0 Å². The maximum atomic E-state index is 12.1. The third-order valence-electron chi connectivity index (χ3n) is 4.84. The number of benzene rings is 1. The summed E-state index contributed by atoms with van der Waals surface area (Å²) in [5.74, 6) is 0.924. The molecule has 2 saturated heterocycles. The average molecular weight is 303 g/mol. The second-order valence-electron chi connectivity index (χ2n) is 6.52. The molecule has 1 unspecified atom stereocenters. The summed E-state index contributed by atoms with van der Waals surface area (Å²) < 4.78 is 5.20. The van der Waals surface area contributed by atoms with Crippen molar-refractivity contribution in [2.45, 2.75) is 19.4 Å². The Balaban J connectivity index is 1.45. The maximum Gasteiger partial charge on any atom is 0.234 e. The van der Waals surface area contributed by atoms with E-state index in [0.717, 1.165) is 37.5 Å². The van der Waals surface area contributed by atoms with Crippen molar-refractivity contribution in [2.75, 3.05) is 39.8 Å². The van der Waals surface area contributed by atoms with Crippen molar-refractivity contribution in [3.05, 3.63) is 29.8 Å². The van der Waals surface area contributed by atoms with E-state index in [0.29, 0.717) is 18.5 Å². The zero-order chi connectivity index (χ0) is 15.4. The highest BCUT2D eigenvalue weighted by Crippen LogP contribution is 2.35. The molecule has 1 aromatic carbocycles. The molecule has 2 aliphatic rings. The van der Waals surface area contributed by atoms with Crippen LogP contribution in [0.4, 0.5) is 0 Å². The van der Waals surface area contributed by atoms with Crippen LogP contribution in [0.15, 0.2) is 24.3 Å². The van der Waals surface area contributed by atoms with E-state index in [1.165, 1.54) is 12.8 Å². The minimum atomic E-state index is 0.103. The largest absolute Gasteiger partial charge is 0.497 e. The molecule has 0 aliphatic carbocycles. The van der Waals surface area contributed by atoms with Gasteiger partial charge >= 0.3 is 0 Å². The fraction of sp³-hybridized carbons (Fsp3) is 0.588. The minimum Gasteiger partial charge on any atom is -0.497 e. The van der Waals surface area contributed by atoms with Gasteiger partial charge < -0.3 is 15.4 Å². The molecule has 2 heterocycles. The van der Waals surface area contributed by atoms with Crippen LogP contribution in [0.5, 0.6) is 5.75 Å². The van der Waals surface area contributed by atoms with Gasteiger partial charge in [0.1, 0.15) is 5.75 Å². The second-order valence-corrected chi connectivity index (χ2v) is 6.52. The highest BCUT2D eigenvalue weighted by molar-refractivity contribution is 5.78. The SMILES string of the molecule is COc1cccc(CNC(=O)CN2CCC3(CCNC3)C2)c1. The van der Waals surface area contributed by atoms with Gasteiger partial charge in [-0.25, -0.2) is 0 Å². The third-order valence-corrected chi connectivity index (χ3v) is 4.84. The predicted octanol–water partition coefficient (Wildman–Crippen LogP) is 0.997.